The molecule has 53 heavy (non-hydrogen) atoms. The van der Waals surface area contributed by atoms with Gasteiger partial charge in [-0.1, -0.05) is 32.6 Å². The highest BCUT2D eigenvalue weighted by Gasteiger charge is 2.69. The van der Waals surface area contributed by atoms with Crippen LogP contribution in [0, 0.1) is 47.3 Å². The molecule has 2 N–H and O–H groups in total. The van der Waals surface area contributed by atoms with Crippen molar-refractivity contribution in [2.24, 2.45) is 47.3 Å². The summed E-state index contributed by atoms with van der Waals surface area (Å²) in [5.74, 6) is -6.35. The summed E-state index contributed by atoms with van der Waals surface area (Å²) in [6.45, 7) is 25.5. The van der Waals surface area contributed by atoms with Crippen LogP contribution >= 0.6 is 0 Å². The van der Waals surface area contributed by atoms with E-state index in [4.69, 9.17) is 25.3 Å². The minimum absolute atomic E-state index is 0.0215. The van der Waals surface area contributed by atoms with E-state index in [1.54, 1.807) is 0 Å². The van der Waals surface area contributed by atoms with Crippen LogP contribution in [-0.4, -0.2) is 85.0 Å². The molecule has 0 aromatic carbocycles. The first-order chi connectivity index (χ1) is 24.2. The summed E-state index contributed by atoms with van der Waals surface area (Å²) in [6, 6.07) is 0.792. The minimum Gasteiger partial charge on any atom is -0.481 e. The number of rotatable bonds is 19. The molecular formula is C35H66O12Si6. The Balaban J connectivity index is 1.51. The van der Waals surface area contributed by atoms with Crippen molar-refractivity contribution in [1.82, 2.24) is 0 Å². The highest BCUT2D eigenvalue weighted by Crippen LogP contribution is 2.65. The third kappa shape index (κ3) is 9.17. The first-order valence-corrected chi connectivity index (χ1v) is 36.9. The van der Waals surface area contributed by atoms with Gasteiger partial charge in [-0.15, -0.1) is 0 Å². The van der Waals surface area contributed by atoms with E-state index < -0.39 is 92.5 Å². The summed E-state index contributed by atoms with van der Waals surface area (Å²) in [6.07, 6.45) is 6.84. The van der Waals surface area contributed by atoms with Crippen LogP contribution < -0.4 is 0 Å². The Kier molecular flexibility index (Phi) is 12.4. The number of hydrogen-bond donors (Lipinski definition) is 2. The fourth-order valence-corrected chi connectivity index (χ4v) is 42.8. The van der Waals surface area contributed by atoms with Crippen molar-refractivity contribution in [3.05, 3.63) is 0 Å². The topological polar surface area (TPSA) is 164 Å². The van der Waals surface area contributed by atoms with E-state index in [1.165, 1.54) is 0 Å². The van der Waals surface area contributed by atoms with Gasteiger partial charge in [-0.05, 0) is 127 Å². The molecule has 0 spiro atoms. The second-order valence-corrected chi connectivity index (χ2v) is 43.3. The zero-order valence-corrected chi connectivity index (χ0v) is 40.1. The summed E-state index contributed by atoms with van der Waals surface area (Å²) < 4.78 is 41.7. The number of esters is 2. The maximum atomic E-state index is 13.0. The van der Waals surface area contributed by atoms with Gasteiger partial charge < -0.3 is 35.5 Å². The SMILES string of the molecule is CCCCCC[Si](C)(O[Si](C)(C)C)O[Si](C)(O[Si](C)(C)O[Si](C)(O[Si](C)(C)C)C1CC2CC1C1C(=O)OC(=O)C21)C1CC2CC1C(C(=O)O)C2C(=O)O. The summed E-state index contributed by atoms with van der Waals surface area (Å²) >= 11 is 0. The Hall–Kier alpha value is -0.819. The number of hydrogen-bond acceptors (Lipinski definition) is 10. The van der Waals surface area contributed by atoms with Gasteiger partial charge in [0.05, 0.1) is 23.7 Å². The molecule has 1 aliphatic heterocycles. The van der Waals surface area contributed by atoms with Gasteiger partial charge in [-0.3, -0.25) is 19.2 Å². The smallest absolute Gasteiger partial charge is 0.320 e. The second-order valence-electron chi connectivity index (χ2n) is 19.6. The van der Waals surface area contributed by atoms with Crippen molar-refractivity contribution in [2.45, 2.75) is 147 Å². The van der Waals surface area contributed by atoms with E-state index >= 15 is 0 Å². The standard InChI is InChI=1S/C35H66O12Si6/c1-13-14-15-16-17-51(10,43-48(2,3)4)47-53(12,26-20-22-18-24(26)30(33(38)39)28(22)32(36)37)46-50(8,9)45-52(11,44-49(5,6)7)27-21-23-19-25(27)31-29(23)34(40)42-35(31)41/h22-31H,13-21H2,1-12H3,(H,36,37)(H,38,39). The first-order valence-electron chi connectivity index (χ1n) is 19.9. The van der Waals surface area contributed by atoms with Gasteiger partial charge in [0.2, 0.25) is 0 Å². The molecule has 1 saturated heterocycles. The van der Waals surface area contributed by atoms with Crippen LogP contribution in [0.1, 0.15) is 58.3 Å². The quantitative estimate of drug-likeness (QED) is 0.0563. The monoisotopic (exact) mass is 846 g/mol. The molecule has 1 heterocycles. The Labute approximate surface area is 323 Å². The van der Waals surface area contributed by atoms with Gasteiger partial charge in [0.15, 0.2) is 16.6 Å². The lowest BCUT2D eigenvalue weighted by atomic mass is 9.79. The van der Waals surface area contributed by atoms with Crippen LogP contribution in [0.25, 0.3) is 0 Å². The van der Waals surface area contributed by atoms with E-state index in [-0.39, 0.29) is 40.7 Å². The number of carbonyl (C=O) groups is 4. The summed E-state index contributed by atoms with van der Waals surface area (Å²) in [4.78, 5) is 50.8. The Morgan fingerprint density at radius 2 is 1.13 bits per heavy atom. The molecule has 4 bridgehead atoms. The minimum atomic E-state index is -3.42. The van der Waals surface area contributed by atoms with Crippen LogP contribution in [0.15, 0.2) is 0 Å². The molecule has 302 valence electrons. The van der Waals surface area contributed by atoms with Crippen molar-refractivity contribution >= 4 is 74.8 Å². The molecular weight excluding hydrogens is 781 g/mol. The van der Waals surface area contributed by atoms with Gasteiger partial charge in [-0.2, -0.15) is 0 Å². The van der Waals surface area contributed by atoms with E-state index in [0.29, 0.717) is 12.8 Å². The lowest BCUT2D eigenvalue weighted by Crippen LogP contribution is -2.65. The molecule has 0 aromatic heterocycles. The fraction of sp³-hybridized carbons (Fsp3) is 0.886. The molecule has 5 fully saturated rings. The lowest BCUT2D eigenvalue weighted by Gasteiger charge is -2.50. The maximum absolute atomic E-state index is 13.0. The van der Waals surface area contributed by atoms with Gasteiger partial charge in [0, 0.05) is 11.1 Å². The Morgan fingerprint density at radius 3 is 1.68 bits per heavy atom. The zero-order valence-electron chi connectivity index (χ0n) is 34.1. The number of carboxylic acid groups (broad SMARTS) is 2. The highest BCUT2D eigenvalue weighted by atomic mass is 28.5. The molecule has 0 amide bonds. The number of aliphatic carboxylic acids is 2. The molecule has 5 rings (SSSR count). The van der Waals surface area contributed by atoms with Crippen molar-refractivity contribution in [2.75, 3.05) is 0 Å². The van der Waals surface area contributed by atoms with Gasteiger partial charge in [-0.25, -0.2) is 0 Å². The molecule has 12 nitrogen and oxygen atoms in total. The molecule has 0 aromatic rings. The lowest BCUT2D eigenvalue weighted by molar-refractivity contribution is -0.156. The second kappa shape index (κ2) is 15.2. The number of cyclic esters (lactones) is 2. The van der Waals surface area contributed by atoms with Gasteiger partial charge in [0.1, 0.15) is 0 Å². The van der Waals surface area contributed by atoms with E-state index in [1.807, 2.05) is 13.1 Å². The van der Waals surface area contributed by atoms with E-state index in [2.05, 4.69) is 65.8 Å². The third-order valence-corrected chi connectivity index (χ3v) is 36.6. The van der Waals surface area contributed by atoms with Crippen molar-refractivity contribution in [3.63, 3.8) is 0 Å². The summed E-state index contributed by atoms with van der Waals surface area (Å²) in [7, 11) is -17.0. The van der Waals surface area contributed by atoms with E-state index in [9.17, 15) is 29.4 Å². The van der Waals surface area contributed by atoms with Crippen LogP contribution in [-0.2, 0) is 44.5 Å². The van der Waals surface area contributed by atoms with Crippen molar-refractivity contribution in [1.29, 1.82) is 0 Å². The molecule has 13 unspecified atom stereocenters. The number of unbranched alkanes of at least 4 members (excludes halogenated alkanes) is 3. The average Bonchev–Trinajstić information content (AvgIpc) is 3.78. The number of fused-ring (bicyclic) bond motifs is 7. The number of carboxylic acids is 2. The van der Waals surface area contributed by atoms with Crippen LogP contribution in [0.5, 0.6) is 0 Å². The van der Waals surface area contributed by atoms with Crippen LogP contribution in [0.4, 0.5) is 0 Å². The van der Waals surface area contributed by atoms with Gasteiger partial charge >= 0.3 is 58.1 Å². The molecule has 0 radical (unpaired) electrons. The average molecular weight is 847 g/mol. The third-order valence-electron chi connectivity index (χ3n) is 12.5. The number of ether oxygens (including phenoxy) is 1. The van der Waals surface area contributed by atoms with Crippen LogP contribution in [0.3, 0.4) is 0 Å². The molecule has 4 saturated carbocycles. The fourth-order valence-electron chi connectivity index (χ4n) is 11.5. The van der Waals surface area contributed by atoms with Crippen molar-refractivity contribution < 1.29 is 54.7 Å². The highest BCUT2D eigenvalue weighted by molar-refractivity contribution is 6.92. The molecule has 13 atom stereocenters. The largest absolute Gasteiger partial charge is 0.481 e. The molecule has 5 aliphatic rings. The molecule has 4 aliphatic carbocycles. The Bertz CT molecular complexity index is 1440. The van der Waals surface area contributed by atoms with Gasteiger partial charge in [0.25, 0.3) is 0 Å². The summed E-state index contributed by atoms with van der Waals surface area (Å²) in [5.41, 5.74) is -0.271. The normalized spacial score (nSPS) is 35.8. The predicted molar refractivity (Wildman–Crippen MR) is 214 cm³/mol. The van der Waals surface area contributed by atoms with Crippen LogP contribution in [0.2, 0.25) is 89.1 Å². The Morgan fingerprint density at radius 1 is 0.623 bits per heavy atom. The number of carbonyl (C=O) groups excluding carboxylic acids is 2. The first kappa shape index (κ1) is 43.3. The van der Waals surface area contributed by atoms with E-state index in [0.717, 1.165) is 44.6 Å². The maximum Gasteiger partial charge on any atom is 0.320 e. The molecule has 18 heteroatoms. The predicted octanol–water partition coefficient (Wildman–Crippen LogP) is 7.77. The van der Waals surface area contributed by atoms with Crippen molar-refractivity contribution in [3.8, 4) is 0 Å². The zero-order chi connectivity index (χ0) is 39.7. The summed E-state index contributed by atoms with van der Waals surface area (Å²) in [5, 5.41) is 20.6.